The molecule has 0 aromatic heterocycles. The molecule has 0 N–H and O–H groups in total. The fraction of sp³-hybridized carbons (Fsp3) is 0. The normalized spacial score (nSPS) is 6.75. The van der Waals surface area contributed by atoms with Gasteiger partial charge in [0.1, 0.15) is 0 Å². The Bertz CT molecular complexity index is 29.0. The van der Waals surface area contributed by atoms with E-state index in [4.69, 9.17) is 0 Å². The summed E-state index contributed by atoms with van der Waals surface area (Å²) in [5, 5.41) is 0. The average Bonchev–Trinajstić information content (AvgIpc) is 0.811. The topological polar surface area (TPSA) is 0 Å². The van der Waals surface area contributed by atoms with Crippen LogP contribution in [0.2, 0.25) is 0 Å². The van der Waals surface area contributed by atoms with Crippen LogP contribution in [0.15, 0.2) is 10.6 Å². The van der Waals surface area contributed by atoms with Crippen LogP contribution in [0.4, 0.5) is 4.39 Å². The van der Waals surface area contributed by atoms with Gasteiger partial charge in [0.25, 0.3) is 0 Å². The summed E-state index contributed by atoms with van der Waals surface area (Å²) in [5.74, 6) is 0. The summed E-state index contributed by atoms with van der Waals surface area (Å²) in [6.45, 7) is 2.86. The van der Waals surface area contributed by atoms with E-state index < -0.39 is 0 Å². The second-order valence-corrected chi connectivity index (χ2v) is 1.47. The average molecular weight is 242 g/mol. The van der Waals surface area contributed by atoms with Gasteiger partial charge in [-0.15, -0.1) is 0 Å². The molecule has 0 heterocycles. The Kier molecular flexibility index (Phi) is 1.88. The summed E-state index contributed by atoms with van der Waals surface area (Å²) in [7, 11) is 0. The molecule has 0 aliphatic carbocycles. The van der Waals surface area contributed by atoms with Crippen molar-refractivity contribution in [2.45, 2.75) is 0 Å². The summed E-state index contributed by atoms with van der Waals surface area (Å²) >= 11 is 1.63. The van der Waals surface area contributed by atoms with Crippen molar-refractivity contribution in [3.8, 4) is 0 Å². The third kappa shape index (κ3) is 28.5. The summed E-state index contributed by atoms with van der Waals surface area (Å²) in [5.41, 5.74) is 0. The Labute approximate surface area is 36.6 Å². The minimum absolute atomic E-state index is 0.389. The Morgan fingerprint density at radius 2 is 2.00 bits per heavy atom. The fourth-order valence-electron chi connectivity index (χ4n) is 0. The molecule has 0 fully saturated rings. The Balaban J connectivity index is 2.80. The van der Waals surface area contributed by atoms with E-state index in [9.17, 15) is 4.39 Å². The van der Waals surface area contributed by atoms with Crippen molar-refractivity contribution in [2.75, 3.05) is 0 Å². The van der Waals surface area contributed by atoms with Gasteiger partial charge < -0.3 is 0 Å². The molecule has 0 atom stereocenters. The predicted molar refractivity (Wildman–Crippen MR) is 10.2 cm³/mol. The molecule has 0 amide bonds. The first-order chi connectivity index (χ1) is 1.73. The quantitative estimate of drug-likeness (QED) is 0.555. The van der Waals surface area contributed by atoms with Gasteiger partial charge in [0, 0.05) is 0 Å². The second-order valence-electron chi connectivity index (χ2n) is 0.297. The SMILES string of the molecule is C=[C](F)[Au]. The van der Waals surface area contributed by atoms with E-state index in [1.54, 1.807) is 21.1 Å². The monoisotopic (exact) mass is 242 g/mol. The van der Waals surface area contributed by atoms with Crippen LogP contribution in [-0.4, -0.2) is 0 Å². The molecule has 0 saturated heterocycles. The van der Waals surface area contributed by atoms with Gasteiger partial charge >= 0.3 is 36.1 Å². The molecule has 4 heavy (non-hydrogen) atoms. The predicted octanol–water partition coefficient (Wildman–Crippen LogP) is 0.974. The molecule has 0 bridgehead atoms. The zero-order chi connectivity index (χ0) is 3.58. The summed E-state index contributed by atoms with van der Waals surface area (Å²) in [6.07, 6.45) is 0. The van der Waals surface area contributed by atoms with Crippen LogP contribution in [0, 0.1) is 0 Å². The second kappa shape index (κ2) is 1.70. The van der Waals surface area contributed by atoms with Crippen LogP contribution < -0.4 is 0 Å². The maximum atomic E-state index is 10.8. The Morgan fingerprint density at radius 1 is 2.00 bits per heavy atom. The van der Waals surface area contributed by atoms with Crippen molar-refractivity contribution >= 4 is 0 Å². The van der Waals surface area contributed by atoms with Gasteiger partial charge in [-0.05, 0) is 0 Å². The molecule has 0 aromatic carbocycles. The molecular formula is C2H2AuF. The van der Waals surface area contributed by atoms with Gasteiger partial charge in [-0.1, -0.05) is 0 Å². The van der Waals surface area contributed by atoms with Crippen molar-refractivity contribution in [3.63, 3.8) is 0 Å². The van der Waals surface area contributed by atoms with E-state index in [0.717, 1.165) is 0 Å². The molecule has 0 radical (unpaired) electrons. The van der Waals surface area contributed by atoms with E-state index in [2.05, 4.69) is 6.58 Å². The molecule has 2 heteroatoms. The third-order valence-electron chi connectivity index (χ3n) is 0. The number of hydrogen-bond donors (Lipinski definition) is 0. The van der Waals surface area contributed by atoms with E-state index in [1.165, 1.54) is 0 Å². The van der Waals surface area contributed by atoms with E-state index in [-0.39, 0.29) is 4.04 Å². The standard InChI is InChI=1S/C2H2F.Au/c1-2-3;/h1H2;. The zero-order valence-corrected chi connectivity index (χ0v) is 4.05. The number of rotatable bonds is 0. The summed E-state index contributed by atoms with van der Waals surface area (Å²) in [4.78, 5) is 0. The van der Waals surface area contributed by atoms with Crippen LogP contribution in [0.3, 0.4) is 0 Å². The van der Waals surface area contributed by atoms with Crippen LogP contribution >= 0.6 is 0 Å². The third-order valence-corrected chi connectivity index (χ3v) is 0. The molecule has 0 rings (SSSR count). The molecule has 0 nitrogen and oxygen atoms in total. The summed E-state index contributed by atoms with van der Waals surface area (Å²) < 4.78 is 10.4. The molecule has 0 aliphatic rings. The molecule has 0 aromatic rings. The van der Waals surface area contributed by atoms with Gasteiger partial charge in [-0.3, -0.25) is 0 Å². The molecule has 0 aliphatic heterocycles. The first kappa shape index (κ1) is 4.41. The van der Waals surface area contributed by atoms with Crippen molar-refractivity contribution in [3.05, 3.63) is 10.6 Å². The van der Waals surface area contributed by atoms with E-state index in [0.29, 0.717) is 0 Å². The van der Waals surface area contributed by atoms with E-state index >= 15 is 0 Å². The Hall–Kier alpha value is 0.410. The molecule has 0 saturated carbocycles. The van der Waals surface area contributed by atoms with Crippen LogP contribution in [0.1, 0.15) is 0 Å². The first-order valence-electron chi connectivity index (χ1n) is 0.693. The van der Waals surface area contributed by atoms with Crippen molar-refractivity contribution in [1.82, 2.24) is 0 Å². The first-order valence-corrected chi connectivity index (χ1v) is 1.78. The van der Waals surface area contributed by atoms with Crippen LogP contribution in [-0.2, 0) is 21.1 Å². The molecule has 0 spiro atoms. The number of halogens is 1. The zero-order valence-electron chi connectivity index (χ0n) is 1.89. The minimum atomic E-state index is -0.389. The van der Waals surface area contributed by atoms with Crippen LogP contribution in [0.5, 0.6) is 0 Å². The molecule has 28 valence electrons. The van der Waals surface area contributed by atoms with Crippen molar-refractivity contribution in [2.24, 2.45) is 0 Å². The van der Waals surface area contributed by atoms with Crippen LogP contribution in [0.25, 0.3) is 0 Å². The van der Waals surface area contributed by atoms with Crippen molar-refractivity contribution < 1.29 is 25.5 Å². The summed E-state index contributed by atoms with van der Waals surface area (Å²) in [6, 6.07) is 0. The van der Waals surface area contributed by atoms with Gasteiger partial charge in [-0.25, -0.2) is 0 Å². The van der Waals surface area contributed by atoms with E-state index in [1.807, 2.05) is 0 Å². The maximum absolute atomic E-state index is 10.8. The van der Waals surface area contributed by atoms with Gasteiger partial charge in [0.05, 0.1) is 0 Å². The Morgan fingerprint density at radius 3 is 2.00 bits per heavy atom. The number of hydrogen-bond acceptors (Lipinski definition) is 0. The van der Waals surface area contributed by atoms with Gasteiger partial charge in [-0.2, -0.15) is 0 Å². The molecular weight excluding hydrogens is 240 g/mol. The molecule has 0 unspecified atom stereocenters. The fourth-order valence-corrected chi connectivity index (χ4v) is 0. The van der Waals surface area contributed by atoms with Gasteiger partial charge in [0.2, 0.25) is 0 Å². The van der Waals surface area contributed by atoms with Crippen molar-refractivity contribution in [1.29, 1.82) is 0 Å². The van der Waals surface area contributed by atoms with Gasteiger partial charge in [0.15, 0.2) is 0 Å².